The summed E-state index contributed by atoms with van der Waals surface area (Å²) >= 11 is 0. The van der Waals surface area contributed by atoms with Crippen molar-refractivity contribution in [2.75, 3.05) is 52.7 Å². The van der Waals surface area contributed by atoms with Crippen LogP contribution < -0.4 is 16.0 Å². The van der Waals surface area contributed by atoms with Crippen molar-refractivity contribution in [1.82, 2.24) is 16.0 Å². The molecule has 0 aromatic rings. The van der Waals surface area contributed by atoms with Gasteiger partial charge in [0.15, 0.2) is 0 Å². The summed E-state index contributed by atoms with van der Waals surface area (Å²) in [6, 6.07) is 0.0558. The first kappa shape index (κ1) is 33.4. The van der Waals surface area contributed by atoms with Crippen molar-refractivity contribution in [3.8, 4) is 0 Å². The molecule has 1 aliphatic rings. The molecule has 1 rings (SSSR count). The Kier molecular flexibility index (Phi) is 18.7. The second-order valence-electron chi connectivity index (χ2n) is 9.49. The number of nitrogens with zero attached hydrogens (tertiary/aromatic N) is 2. The number of hydrogen-bond acceptors (Lipinski definition) is 7. The number of Topliss-reactive ketones (excluding diaryl/α,β-unsaturated/α-hetero) is 1. The number of ketones is 1. The highest BCUT2D eigenvalue weighted by Crippen LogP contribution is 2.25. The summed E-state index contributed by atoms with van der Waals surface area (Å²) < 4.78 is 16.3. The first-order valence-electron chi connectivity index (χ1n) is 13.6. The molecule has 3 amide bonds. The van der Waals surface area contributed by atoms with Crippen LogP contribution in [0.15, 0.2) is 0 Å². The molecule has 1 aliphatic carbocycles. The van der Waals surface area contributed by atoms with Gasteiger partial charge >= 0.3 is 0 Å². The number of carbonyl (C=O) groups excluding carboxylic acids is 4. The highest BCUT2D eigenvalue weighted by atomic mass is 16.5. The fourth-order valence-corrected chi connectivity index (χ4v) is 4.03. The zero-order valence-corrected chi connectivity index (χ0v) is 22.9. The van der Waals surface area contributed by atoms with Crippen molar-refractivity contribution in [2.45, 2.75) is 77.7 Å². The standard InChI is InChI=1S/C26H45N5O7/c1-20(32)18-26(35)29-11-5-13-37-15-17-38-16-14-36-12-4-10-28-24(33)8-9-25(34)30-23-7-3-6-22(19-23)21(2)31-27/h22-23H,3-19H2,1-2H3,(H,28,33)(H,29,35)(H,30,34). The van der Waals surface area contributed by atoms with Crippen LogP contribution in [-0.4, -0.2) is 92.8 Å². The number of rotatable bonds is 21. The topological polar surface area (TPSA) is 168 Å². The van der Waals surface area contributed by atoms with Gasteiger partial charge in [0.2, 0.25) is 17.7 Å². The Labute approximate surface area is 225 Å². The van der Waals surface area contributed by atoms with Crippen LogP contribution >= 0.6 is 0 Å². The van der Waals surface area contributed by atoms with Gasteiger partial charge in [-0.25, -0.2) is 0 Å². The van der Waals surface area contributed by atoms with Gasteiger partial charge in [-0.3, -0.25) is 19.2 Å². The lowest BCUT2D eigenvalue weighted by Crippen LogP contribution is -2.40. The molecule has 1 fully saturated rings. The Bertz CT molecular complexity index is 786. The van der Waals surface area contributed by atoms with Crippen LogP contribution in [0, 0.1) is 5.92 Å². The quantitative estimate of drug-likeness (QED) is 0.0647. The second-order valence-corrected chi connectivity index (χ2v) is 9.49. The smallest absolute Gasteiger partial charge is 0.268 e. The van der Waals surface area contributed by atoms with Gasteiger partial charge in [-0.1, -0.05) is 6.42 Å². The molecule has 216 valence electrons. The van der Waals surface area contributed by atoms with E-state index in [0.717, 1.165) is 25.7 Å². The lowest BCUT2D eigenvalue weighted by molar-refractivity contribution is -0.127. The van der Waals surface area contributed by atoms with E-state index in [1.165, 1.54) is 6.92 Å². The van der Waals surface area contributed by atoms with Crippen molar-refractivity contribution in [3.05, 3.63) is 5.53 Å². The van der Waals surface area contributed by atoms with E-state index in [-0.39, 0.29) is 54.7 Å². The molecule has 0 aromatic heterocycles. The summed E-state index contributed by atoms with van der Waals surface area (Å²) in [7, 11) is 0. The first-order valence-corrected chi connectivity index (χ1v) is 13.6. The van der Waals surface area contributed by atoms with Gasteiger partial charge in [-0.2, -0.15) is 4.79 Å². The highest BCUT2D eigenvalue weighted by Gasteiger charge is 2.28. The van der Waals surface area contributed by atoms with E-state index in [4.69, 9.17) is 19.7 Å². The predicted molar refractivity (Wildman–Crippen MR) is 140 cm³/mol. The average molecular weight is 540 g/mol. The van der Waals surface area contributed by atoms with Gasteiger partial charge in [-0.05, 0) is 39.0 Å². The van der Waals surface area contributed by atoms with E-state index in [2.05, 4.69) is 20.7 Å². The Morgan fingerprint density at radius 1 is 0.789 bits per heavy atom. The number of nitrogens with one attached hydrogen (secondary N) is 3. The van der Waals surface area contributed by atoms with Crippen LogP contribution in [0.4, 0.5) is 0 Å². The van der Waals surface area contributed by atoms with E-state index in [0.29, 0.717) is 71.3 Å². The molecule has 0 spiro atoms. The third kappa shape index (κ3) is 17.7. The van der Waals surface area contributed by atoms with Crippen LogP contribution in [0.3, 0.4) is 0 Å². The molecule has 1 saturated carbocycles. The van der Waals surface area contributed by atoms with Crippen LogP contribution in [0.2, 0.25) is 0 Å². The molecular weight excluding hydrogens is 494 g/mol. The maximum atomic E-state index is 12.2. The summed E-state index contributed by atoms with van der Waals surface area (Å²) in [6.45, 7) is 6.91. The molecule has 38 heavy (non-hydrogen) atoms. The molecule has 0 aromatic carbocycles. The number of amides is 3. The fraction of sp³-hybridized carbons (Fsp3) is 0.808. The van der Waals surface area contributed by atoms with Gasteiger partial charge < -0.3 is 35.7 Å². The zero-order valence-electron chi connectivity index (χ0n) is 22.9. The molecular formula is C26H45N5O7. The fourth-order valence-electron chi connectivity index (χ4n) is 4.03. The van der Waals surface area contributed by atoms with E-state index < -0.39 is 0 Å². The summed E-state index contributed by atoms with van der Waals surface area (Å²) in [6.07, 6.45) is 5.14. The molecule has 0 heterocycles. The van der Waals surface area contributed by atoms with E-state index in [1.807, 2.05) is 0 Å². The Morgan fingerprint density at radius 3 is 1.92 bits per heavy atom. The van der Waals surface area contributed by atoms with Crippen molar-refractivity contribution >= 4 is 29.2 Å². The van der Waals surface area contributed by atoms with Crippen LogP contribution in [-0.2, 0) is 33.4 Å². The molecule has 12 heteroatoms. The van der Waals surface area contributed by atoms with E-state index in [9.17, 15) is 19.2 Å². The van der Waals surface area contributed by atoms with Crippen LogP contribution in [0.25, 0.3) is 5.53 Å². The Morgan fingerprint density at radius 2 is 1.34 bits per heavy atom. The third-order valence-electron chi connectivity index (χ3n) is 6.10. The number of ether oxygens (including phenoxy) is 3. The van der Waals surface area contributed by atoms with Gasteiger partial charge in [0, 0.05) is 52.1 Å². The van der Waals surface area contributed by atoms with Gasteiger partial charge in [-0.15, -0.1) is 0 Å². The molecule has 3 N–H and O–H groups in total. The minimum atomic E-state index is -0.265. The predicted octanol–water partition coefficient (Wildman–Crippen LogP) is 1.17. The molecule has 2 atom stereocenters. The second kappa shape index (κ2) is 21.3. The summed E-state index contributed by atoms with van der Waals surface area (Å²) in [5.41, 5.74) is 9.65. The lowest BCUT2D eigenvalue weighted by atomic mass is 9.83. The average Bonchev–Trinajstić information content (AvgIpc) is 2.88. The van der Waals surface area contributed by atoms with Gasteiger partial charge in [0.05, 0.1) is 38.8 Å². The van der Waals surface area contributed by atoms with Crippen molar-refractivity contribution < 1.29 is 38.2 Å². The Hall–Kier alpha value is -2.66. The minimum Gasteiger partial charge on any atom is -0.379 e. The SMILES string of the molecule is CC(=O)CC(=O)NCCCOCCOCCOCCCNC(=O)CCC(=O)NC1CCCC(C(C)=[N+]=[N-])C1. The normalized spacial score (nSPS) is 16.8. The van der Waals surface area contributed by atoms with Gasteiger partial charge in [0.25, 0.3) is 5.71 Å². The zero-order chi connectivity index (χ0) is 28.0. The monoisotopic (exact) mass is 539 g/mol. The summed E-state index contributed by atoms with van der Waals surface area (Å²) in [5.74, 6) is -0.525. The number of carbonyl (C=O) groups is 4. The first-order chi connectivity index (χ1) is 18.3. The van der Waals surface area contributed by atoms with E-state index in [1.54, 1.807) is 6.92 Å². The number of hydrogen-bond donors (Lipinski definition) is 3. The van der Waals surface area contributed by atoms with Gasteiger partial charge in [0.1, 0.15) is 5.78 Å². The molecule has 0 bridgehead atoms. The molecule has 0 radical (unpaired) electrons. The molecule has 2 unspecified atom stereocenters. The highest BCUT2D eigenvalue weighted by molar-refractivity contribution is 5.96. The summed E-state index contributed by atoms with van der Waals surface area (Å²) in [5, 5.41) is 8.44. The van der Waals surface area contributed by atoms with Crippen molar-refractivity contribution in [1.29, 1.82) is 0 Å². The molecule has 0 saturated heterocycles. The minimum absolute atomic E-state index is 0.0558. The van der Waals surface area contributed by atoms with Crippen LogP contribution in [0.1, 0.15) is 71.6 Å². The molecule has 12 nitrogen and oxygen atoms in total. The third-order valence-corrected chi connectivity index (χ3v) is 6.10. The van der Waals surface area contributed by atoms with E-state index >= 15 is 0 Å². The van der Waals surface area contributed by atoms with Crippen LogP contribution in [0.5, 0.6) is 0 Å². The largest absolute Gasteiger partial charge is 0.379 e. The van der Waals surface area contributed by atoms with Crippen molar-refractivity contribution in [2.24, 2.45) is 5.92 Å². The van der Waals surface area contributed by atoms with Crippen molar-refractivity contribution in [3.63, 3.8) is 0 Å². The maximum absolute atomic E-state index is 12.2. The Balaban J connectivity index is 1.88. The molecule has 0 aliphatic heterocycles. The lowest BCUT2D eigenvalue weighted by Gasteiger charge is -2.27. The maximum Gasteiger partial charge on any atom is 0.268 e. The summed E-state index contributed by atoms with van der Waals surface area (Å²) in [4.78, 5) is 49.5.